The van der Waals surface area contributed by atoms with Crippen LogP contribution in [0.5, 0.6) is 0 Å². The molecule has 14 heavy (non-hydrogen) atoms. The van der Waals surface area contributed by atoms with Crippen molar-refractivity contribution in [2.45, 2.75) is 24.7 Å². The summed E-state index contributed by atoms with van der Waals surface area (Å²) in [7, 11) is 1.83. The van der Waals surface area contributed by atoms with E-state index in [0.717, 1.165) is 5.82 Å². The molecule has 0 fully saturated rings. The smallest absolute Gasteiger partial charge is 0.236 e. The Morgan fingerprint density at radius 1 is 1.71 bits per heavy atom. The van der Waals surface area contributed by atoms with Gasteiger partial charge in [-0.1, -0.05) is 15.9 Å². The number of carbonyl (C=O) groups is 1. The van der Waals surface area contributed by atoms with Gasteiger partial charge in [-0.3, -0.25) is 4.79 Å². The van der Waals surface area contributed by atoms with Crippen LogP contribution in [0.15, 0.2) is 6.33 Å². The van der Waals surface area contributed by atoms with Crippen molar-refractivity contribution in [1.29, 1.82) is 0 Å². The summed E-state index contributed by atoms with van der Waals surface area (Å²) in [6.07, 6.45) is 1.60. The van der Waals surface area contributed by atoms with Crippen molar-refractivity contribution >= 4 is 21.8 Å². The van der Waals surface area contributed by atoms with Gasteiger partial charge in [0.05, 0.1) is 10.9 Å². The predicted molar refractivity (Wildman–Crippen MR) is 55.9 cm³/mol. The summed E-state index contributed by atoms with van der Waals surface area (Å²) in [5.74, 6) is 0.663. The zero-order chi connectivity index (χ0) is 10.8. The summed E-state index contributed by atoms with van der Waals surface area (Å²) < 4.78 is 1.22. The maximum atomic E-state index is 11.5. The first kappa shape index (κ1) is 11.2. The molecule has 0 aromatic carbocycles. The van der Waals surface area contributed by atoms with E-state index in [-0.39, 0.29) is 5.91 Å². The zero-order valence-corrected chi connectivity index (χ0v) is 10.00. The molecular formula is C8H13BrN4O. The van der Waals surface area contributed by atoms with E-state index in [0.29, 0.717) is 6.54 Å². The van der Waals surface area contributed by atoms with E-state index in [4.69, 9.17) is 0 Å². The first-order valence-corrected chi connectivity index (χ1v) is 5.00. The maximum absolute atomic E-state index is 11.5. The molecule has 0 aliphatic rings. The molecule has 1 amide bonds. The normalized spacial score (nSPS) is 11.4. The summed E-state index contributed by atoms with van der Waals surface area (Å²) >= 11 is 3.27. The van der Waals surface area contributed by atoms with Crippen molar-refractivity contribution < 1.29 is 4.79 Å². The lowest BCUT2D eigenvalue weighted by Crippen LogP contribution is -2.37. The second kappa shape index (κ2) is 4.08. The molecule has 0 saturated carbocycles. The fourth-order valence-corrected chi connectivity index (χ4v) is 0.977. The third-order valence-electron chi connectivity index (χ3n) is 1.75. The average Bonchev–Trinajstić information content (AvgIpc) is 2.45. The van der Waals surface area contributed by atoms with Gasteiger partial charge in [0.15, 0.2) is 5.82 Å². The molecule has 0 aliphatic carbocycles. The number of amides is 1. The Labute approximate surface area is 91.0 Å². The van der Waals surface area contributed by atoms with Gasteiger partial charge in [-0.25, -0.2) is 0 Å². The highest BCUT2D eigenvalue weighted by Gasteiger charge is 2.23. The lowest BCUT2D eigenvalue weighted by Gasteiger charge is -2.15. The van der Waals surface area contributed by atoms with Crippen molar-refractivity contribution in [2.75, 3.05) is 0 Å². The standard InChI is InChI=1S/C8H13BrN4O/c1-8(2,9)7(14)10-4-6-12-11-5-13(6)3/h5H,4H2,1-3H3,(H,10,14). The van der Waals surface area contributed by atoms with Crippen LogP contribution in [0.3, 0.4) is 0 Å². The number of rotatable bonds is 3. The van der Waals surface area contributed by atoms with Crippen molar-refractivity contribution in [3.8, 4) is 0 Å². The van der Waals surface area contributed by atoms with Gasteiger partial charge in [0.2, 0.25) is 5.91 Å². The summed E-state index contributed by atoms with van der Waals surface area (Å²) in [6, 6.07) is 0. The van der Waals surface area contributed by atoms with Crippen molar-refractivity contribution in [3.05, 3.63) is 12.2 Å². The molecule has 5 nitrogen and oxygen atoms in total. The molecular weight excluding hydrogens is 248 g/mol. The van der Waals surface area contributed by atoms with Crippen LogP contribution in [0, 0.1) is 0 Å². The minimum absolute atomic E-state index is 0.0690. The third kappa shape index (κ3) is 2.80. The molecule has 1 aromatic rings. The second-order valence-electron chi connectivity index (χ2n) is 3.51. The topological polar surface area (TPSA) is 59.8 Å². The number of nitrogens with one attached hydrogen (secondary N) is 1. The average molecular weight is 261 g/mol. The monoisotopic (exact) mass is 260 g/mol. The van der Waals surface area contributed by atoms with Gasteiger partial charge in [0, 0.05) is 7.05 Å². The van der Waals surface area contributed by atoms with Crippen LogP contribution in [0.1, 0.15) is 19.7 Å². The number of aromatic nitrogens is 3. The largest absolute Gasteiger partial charge is 0.348 e. The zero-order valence-electron chi connectivity index (χ0n) is 8.41. The van der Waals surface area contributed by atoms with Crippen LogP contribution in [-0.4, -0.2) is 25.0 Å². The van der Waals surface area contributed by atoms with Crippen LogP contribution in [0.25, 0.3) is 0 Å². The highest BCUT2D eigenvalue weighted by atomic mass is 79.9. The molecule has 78 valence electrons. The molecule has 0 bridgehead atoms. The lowest BCUT2D eigenvalue weighted by molar-refractivity contribution is -0.122. The van der Waals surface area contributed by atoms with Crippen molar-refractivity contribution in [1.82, 2.24) is 20.1 Å². The van der Waals surface area contributed by atoms with Crippen LogP contribution in [-0.2, 0) is 18.4 Å². The second-order valence-corrected chi connectivity index (χ2v) is 5.50. The molecule has 6 heteroatoms. The van der Waals surface area contributed by atoms with E-state index in [1.807, 2.05) is 7.05 Å². The van der Waals surface area contributed by atoms with Crippen LogP contribution < -0.4 is 5.32 Å². The SMILES string of the molecule is Cn1cnnc1CNC(=O)C(C)(C)Br. The van der Waals surface area contributed by atoms with Gasteiger partial charge in [-0.15, -0.1) is 10.2 Å². The molecule has 1 rings (SSSR count). The Kier molecular flexibility index (Phi) is 3.25. The first-order valence-electron chi connectivity index (χ1n) is 4.21. The number of halogens is 1. The molecule has 1 heterocycles. The van der Waals surface area contributed by atoms with Crippen molar-refractivity contribution in [3.63, 3.8) is 0 Å². The fraction of sp³-hybridized carbons (Fsp3) is 0.625. The highest BCUT2D eigenvalue weighted by molar-refractivity contribution is 9.10. The summed E-state index contributed by atoms with van der Waals surface area (Å²) in [6.45, 7) is 3.97. The van der Waals surface area contributed by atoms with Crippen LogP contribution >= 0.6 is 15.9 Å². The Hall–Kier alpha value is -0.910. The van der Waals surface area contributed by atoms with Crippen LogP contribution in [0.2, 0.25) is 0 Å². The third-order valence-corrected chi connectivity index (χ3v) is 2.11. The number of hydrogen-bond acceptors (Lipinski definition) is 3. The molecule has 1 aromatic heterocycles. The minimum Gasteiger partial charge on any atom is -0.348 e. The van der Waals surface area contributed by atoms with E-state index in [2.05, 4.69) is 31.4 Å². The van der Waals surface area contributed by atoms with Gasteiger partial charge in [-0.2, -0.15) is 0 Å². The molecule has 0 aliphatic heterocycles. The molecule has 0 radical (unpaired) electrons. The Bertz CT molecular complexity index is 328. The summed E-state index contributed by atoms with van der Waals surface area (Å²) in [5, 5.41) is 10.3. The quantitative estimate of drug-likeness (QED) is 0.811. The van der Waals surface area contributed by atoms with E-state index in [1.165, 1.54) is 0 Å². The minimum atomic E-state index is -0.550. The number of hydrogen-bond donors (Lipinski definition) is 1. The van der Waals surface area contributed by atoms with E-state index < -0.39 is 4.32 Å². The van der Waals surface area contributed by atoms with E-state index in [1.54, 1.807) is 24.7 Å². The van der Waals surface area contributed by atoms with Crippen molar-refractivity contribution in [2.24, 2.45) is 7.05 Å². The van der Waals surface area contributed by atoms with E-state index in [9.17, 15) is 4.79 Å². The Morgan fingerprint density at radius 2 is 2.36 bits per heavy atom. The van der Waals surface area contributed by atoms with Gasteiger partial charge < -0.3 is 9.88 Å². The maximum Gasteiger partial charge on any atom is 0.236 e. The molecule has 0 atom stereocenters. The first-order chi connectivity index (χ1) is 6.41. The predicted octanol–water partition coefficient (Wildman–Crippen LogP) is 0.605. The number of nitrogens with zero attached hydrogens (tertiary/aromatic N) is 3. The number of alkyl halides is 1. The van der Waals surface area contributed by atoms with Gasteiger partial charge in [0.1, 0.15) is 6.33 Å². The van der Waals surface area contributed by atoms with Crippen LogP contribution in [0.4, 0.5) is 0 Å². The van der Waals surface area contributed by atoms with Gasteiger partial charge in [0.25, 0.3) is 0 Å². The fourth-order valence-electron chi connectivity index (χ4n) is 0.837. The molecule has 0 saturated heterocycles. The van der Waals surface area contributed by atoms with E-state index >= 15 is 0 Å². The Balaban J connectivity index is 2.50. The number of aryl methyl sites for hydroxylation is 1. The number of carbonyl (C=O) groups excluding carboxylic acids is 1. The Morgan fingerprint density at radius 3 is 2.79 bits per heavy atom. The highest BCUT2D eigenvalue weighted by Crippen LogP contribution is 2.15. The van der Waals surface area contributed by atoms with Gasteiger partial charge >= 0.3 is 0 Å². The summed E-state index contributed by atoms with van der Waals surface area (Å²) in [5.41, 5.74) is 0. The van der Waals surface area contributed by atoms with Gasteiger partial charge in [-0.05, 0) is 13.8 Å². The molecule has 0 spiro atoms. The molecule has 1 N–H and O–H groups in total. The molecule has 0 unspecified atom stereocenters. The lowest BCUT2D eigenvalue weighted by atomic mass is 10.2. The summed E-state index contributed by atoms with van der Waals surface area (Å²) in [4.78, 5) is 11.5.